The zero-order valence-corrected chi connectivity index (χ0v) is 16.6. The third-order valence-corrected chi connectivity index (χ3v) is 5.16. The Morgan fingerprint density at radius 3 is 2.64 bits per heavy atom. The van der Waals surface area contributed by atoms with Gasteiger partial charge in [0.05, 0.1) is 12.8 Å². The molecule has 0 atom stereocenters. The second kappa shape index (κ2) is 10.5. The summed E-state index contributed by atoms with van der Waals surface area (Å²) < 4.78 is 5.42. The van der Waals surface area contributed by atoms with Crippen LogP contribution in [0.2, 0.25) is 0 Å². The van der Waals surface area contributed by atoms with Crippen LogP contribution in [0, 0.1) is 5.92 Å². The number of carbonyl (C=O) groups excluding carboxylic acids is 1. The molecule has 1 aromatic carbocycles. The number of piperidine rings is 1. The molecule has 0 spiro atoms. The van der Waals surface area contributed by atoms with E-state index in [0.29, 0.717) is 18.9 Å². The average molecular weight is 383 g/mol. The van der Waals surface area contributed by atoms with Gasteiger partial charge in [-0.2, -0.15) is 0 Å². The molecule has 1 aromatic heterocycles. The molecule has 0 bridgehead atoms. The number of aliphatic imine (C=N–C) groups is 1. The molecule has 6 heteroatoms. The first-order valence-electron chi connectivity index (χ1n) is 10.0. The Morgan fingerprint density at radius 2 is 1.96 bits per heavy atom. The fourth-order valence-corrected chi connectivity index (χ4v) is 3.48. The van der Waals surface area contributed by atoms with Crippen molar-refractivity contribution >= 4 is 11.9 Å². The molecule has 0 radical (unpaired) electrons. The Bertz CT molecular complexity index is 735. The zero-order valence-electron chi connectivity index (χ0n) is 16.6. The van der Waals surface area contributed by atoms with E-state index in [-0.39, 0.29) is 5.91 Å². The van der Waals surface area contributed by atoms with E-state index in [1.807, 2.05) is 30.3 Å². The number of guanidine groups is 1. The zero-order chi connectivity index (χ0) is 19.6. The van der Waals surface area contributed by atoms with Crippen LogP contribution in [0.3, 0.4) is 0 Å². The molecular weight excluding hydrogens is 352 g/mol. The van der Waals surface area contributed by atoms with Gasteiger partial charge in [0.2, 0.25) is 5.91 Å². The minimum atomic E-state index is 0.132. The van der Waals surface area contributed by atoms with Crippen LogP contribution >= 0.6 is 0 Å². The standard InChI is InChI=1S/C22H30N4O2/c1-23-21(27)16-18-10-13-26(14-11-18)22(24-12-9-20-8-5-15-28-20)25-17-19-6-3-2-4-7-19/h2-8,15,18H,9-14,16-17H2,1H3,(H,23,27)(H,24,25). The summed E-state index contributed by atoms with van der Waals surface area (Å²) in [6, 6.07) is 14.2. The predicted octanol–water partition coefficient (Wildman–Crippen LogP) is 2.82. The summed E-state index contributed by atoms with van der Waals surface area (Å²) in [4.78, 5) is 18.8. The van der Waals surface area contributed by atoms with Crippen LogP contribution in [0.5, 0.6) is 0 Å². The van der Waals surface area contributed by atoms with E-state index in [2.05, 4.69) is 27.7 Å². The van der Waals surface area contributed by atoms with Gasteiger partial charge in [-0.15, -0.1) is 0 Å². The third kappa shape index (κ3) is 6.15. The molecule has 1 aliphatic heterocycles. The molecule has 0 saturated carbocycles. The maximum absolute atomic E-state index is 11.6. The number of nitrogens with zero attached hydrogens (tertiary/aromatic N) is 2. The van der Waals surface area contributed by atoms with Crippen LogP contribution in [0.1, 0.15) is 30.6 Å². The molecular formula is C22H30N4O2. The first-order valence-corrected chi connectivity index (χ1v) is 10.0. The fraction of sp³-hybridized carbons (Fsp3) is 0.455. The third-order valence-electron chi connectivity index (χ3n) is 5.16. The summed E-state index contributed by atoms with van der Waals surface area (Å²) in [5, 5.41) is 6.23. The molecule has 28 heavy (non-hydrogen) atoms. The van der Waals surface area contributed by atoms with Crippen LogP contribution in [0.4, 0.5) is 0 Å². The van der Waals surface area contributed by atoms with Crippen molar-refractivity contribution in [3.05, 3.63) is 60.1 Å². The maximum Gasteiger partial charge on any atom is 0.220 e. The molecule has 6 nitrogen and oxygen atoms in total. The molecule has 1 saturated heterocycles. The normalized spacial score (nSPS) is 15.5. The highest BCUT2D eigenvalue weighted by molar-refractivity contribution is 5.80. The van der Waals surface area contributed by atoms with Gasteiger partial charge in [-0.3, -0.25) is 4.79 Å². The van der Waals surface area contributed by atoms with E-state index in [9.17, 15) is 4.79 Å². The largest absolute Gasteiger partial charge is 0.469 e. The summed E-state index contributed by atoms with van der Waals surface area (Å²) in [6.07, 6.45) is 5.17. The molecule has 0 aliphatic carbocycles. The molecule has 2 N–H and O–H groups in total. The number of nitrogens with one attached hydrogen (secondary N) is 2. The van der Waals surface area contributed by atoms with Gasteiger partial charge in [-0.1, -0.05) is 30.3 Å². The van der Waals surface area contributed by atoms with Crippen molar-refractivity contribution in [2.75, 3.05) is 26.7 Å². The highest BCUT2D eigenvalue weighted by Crippen LogP contribution is 2.20. The Hall–Kier alpha value is -2.76. The summed E-state index contributed by atoms with van der Waals surface area (Å²) in [7, 11) is 1.70. The number of hydrogen-bond acceptors (Lipinski definition) is 3. The molecule has 1 amide bonds. The van der Waals surface area contributed by atoms with Crippen LogP contribution in [0.15, 0.2) is 58.1 Å². The Kier molecular flexibility index (Phi) is 7.53. The highest BCUT2D eigenvalue weighted by atomic mass is 16.3. The lowest BCUT2D eigenvalue weighted by Crippen LogP contribution is -2.46. The van der Waals surface area contributed by atoms with Gasteiger partial charge >= 0.3 is 0 Å². The van der Waals surface area contributed by atoms with Crippen LogP contribution in [-0.2, 0) is 17.8 Å². The van der Waals surface area contributed by atoms with E-state index in [0.717, 1.165) is 50.6 Å². The van der Waals surface area contributed by atoms with E-state index >= 15 is 0 Å². The smallest absolute Gasteiger partial charge is 0.220 e. The molecule has 150 valence electrons. The molecule has 0 unspecified atom stereocenters. The lowest BCUT2D eigenvalue weighted by Gasteiger charge is -2.34. The van der Waals surface area contributed by atoms with Crippen molar-refractivity contribution in [1.82, 2.24) is 15.5 Å². The Morgan fingerprint density at radius 1 is 1.18 bits per heavy atom. The summed E-state index contributed by atoms with van der Waals surface area (Å²) in [5.41, 5.74) is 1.20. The van der Waals surface area contributed by atoms with Gasteiger partial charge in [-0.05, 0) is 36.5 Å². The highest BCUT2D eigenvalue weighted by Gasteiger charge is 2.23. The first-order chi connectivity index (χ1) is 13.7. The van der Waals surface area contributed by atoms with E-state index in [4.69, 9.17) is 9.41 Å². The second-order valence-corrected chi connectivity index (χ2v) is 7.19. The Labute approximate surface area is 167 Å². The maximum atomic E-state index is 11.6. The topological polar surface area (TPSA) is 69.9 Å². The number of benzene rings is 1. The van der Waals surface area contributed by atoms with Crippen LogP contribution in [-0.4, -0.2) is 43.4 Å². The van der Waals surface area contributed by atoms with Crippen molar-refractivity contribution in [3.8, 4) is 0 Å². The van der Waals surface area contributed by atoms with Crippen molar-refractivity contribution in [2.24, 2.45) is 10.9 Å². The number of furan rings is 1. The minimum Gasteiger partial charge on any atom is -0.469 e. The van der Waals surface area contributed by atoms with Gasteiger partial charge in [0.25, 0.3) is 0 Å². The van der Waals surface area contributed by atoms with Crippen molar-refractivity contribution < 1.29 is 9.21 Å². The minimum absolute atomic E-state index is 0.132. The summed E-state index contributed by atoms with van der Waals surface area (Å²) in [6.45, 7) is 3.27. The number of hydrogen-bond donors (Lipinski definition) is 2. The fourth-order valence-electron chi connectivity index (χ4n) is 3.48. The summed E-state index contributed by atoms with van der Waals surface area (Å²) in [5.74, 6) is 2.50. The quantitative estimate of drug-likeness (QED) is 0.571. The van der Waals surface area contributed by atoms with Gasteiger partial charge in [0.1, 0.15) is 5.76 Å². The van der Waals surface area contributed by atoms with Crippen molar-refractivity contribution in [2.45, 2.75) is 32.2 Å². The number of carbonyl (C=O) groups is 1. The van der Waals surface area contributed by atoms with Gasteiger partial charge in [0, 0.05) is 39.5 Å². The van der Waals surface area contributed by atoms with Crippen LogP contribution in [0.25, 0.3) is 0 Å². The van der Waals surface area contributed by atoms with Gasteiger partial charge < -0.3 is 20.0 Å². The first kappa shape index (κ1) is 20.0. The molecule has 3 rings (SSSR count). The van der Waals surface area contributed by atoms with Gasteiger partial charge in [0.15, 0.2) is 5.96 Å². The molecule has 2 heterocycles. The molecule has 1 fully saturated rings. The average Bonchev–Trinajstić information content (AvgIpc) is 3.25. The van der Waals surface area contributed by atoms with Crippen molar-refractivity contribution in [1.29, 1.82) is 0 Å². The lowest BCUT2D eigenvalue weighted by atomic mass is 9.93. The van der Waals surface area contributed by atoms with E-state index < -0.39 is 0 Å². The SMILES string of the molecule is CNC(=O)CC1CCN(C(=NCc2ccccc2)NCCc2ccco2)CC1. The monoisotopic (exact) mass is 382 g/mol. The number of likely N-dealkylation sites (tertiary alicyclic amines) is 1. The second-order valence-electron chi connectivity index (χ2n) is 7.19. The Balaban J connectivity index is 1.58. The lowest BCUT2D eigenvalue weighted by molar-refractivity contribution is -0.121. The van der Waals surface area contributed by atoms with Crippen LogP contribution < -0.4 is 10.6 Å². The van der Waals surface area contributed by atoms with E-state index in [1.165, 1.54) is 5.56 Å². The van der Waals surface area contributed by atoms with E-state index in [1.54, 1.807) is 13.3 Å². The number of rotatable bonds is 7. The molecule has 1 aliphatic rings. The molecule has 2 aromatic rings. The van der Waals surface area contributed by atoms with Gasteiger partial charge in [-0.25, -0.2) is 4.99 Å². The predicted molar refractivity (Wildman–Crippen MR) is 111 cm³/mol. The van der Waals surface area contributed by atoms with Crippen molar-refractivity contribution in [3.63, 3.8) is 0 Å². The number of amides is 1. The summed E-state index contributed by atoms with van der Waals surface area (Å²) >= 11 is 0.